The zero-order valence-corrected chi connectivity index (χ0v) is 7.67. The van der Waals surface area contributed by atoms with Gasteiger partial charge in [0.25, 0.3) is 8.46 Å². The van der Waals surface area contributed by atoms with Crippen LogP contribution in [0.15, 0.2) is 0 Å². The van der Waals surface area contributed by atoms with Gasteiger partial charge < -0.3 is 15.5 Å². The summed E-state index contributed by atoms with van der Waals surface area (Å²) in [7, 11) is -0.666. The summed E-state index contributed by atoms with van der Waals surface area (Å²) in [6.07, 6.45) is 0.376. The van der Waals surface area contributed by atoms with Crippen LogP contribution in [0.3, 0.4) is 0 Å². The molecule has 0 aliphatic carbocycles. The Bertz CT molecular complexity index is 161. The lowest BCUT2D eigenvalue weighted by molar-refractivity contribution is 0.0971. The maximum absolute atomic E-state index is 10.6. The molecule has 0 aromatic heterocycles. The van der Waals surface area contributed by atoms with Gasteiger partial charge >= 0.3 is 5.65 Å². The first-order chi connectivity index (χ1) is 5.64. The fourth-order valence-electron chi connectivity index (χ4n) is 0.691. The summed E-state index contributed by atoms with van der Waals surface area (Å²) in [5.74, 6) is 0. The number of nitrogens with one attached hydrogen (secondary N) is 1. The van der Waals surface area contributed by atoms with Crippen molar-refractivity contribution in [3.63, 3.8) is 0 Å². The molecular weight excluding hydrogens is 181 g/mol. The van der Waals surface area contributed by atoms with E-state index in [1.807, 2.05) is 0 Å². The van der Waals surface area contributed by atoms with Crippen molar-refractivity contribution >= 4 is 14.1 Å². The summed E-state index contributed by atoms with van der Waals surface area (Å²) in [6, 6.07) is 0. The molecule has 0 saturated heterocycles. The topological polar surface area (TPSA) is 86.6 Å². The third kappa shape index (κ3) is 2.85. The molecule has 0 aliphatic rings. The lowest BCUT2D eigenvalue weighted by Crippen LogP contribution is -2.52. The molecule has 0 rings (SSSR count). The van der Waals surface area contributed by atoms with Crippen LogP contribution < -0.4 is 5.32 Å². The Morgan fingerprint density at radius 2 is 2.00 bits per heavy atom. The Morgan fingerprint density at radius 3 is 2.25 bits per heavy atom. The number of amides is 1. The first-order valence-corrected chi connectivity index (χ1v) is 4.32. The predicted molar refractivity (Wildman–Crippen MR) is 43.3 cm³/mol. The lowest BCUT2D eigenvalue weighted by atomic mass is 9.99. The lowest BCUT2D eigenvalue weighted by Gasteiger charge is -2.28. The zero-order chi connectivity index (χ0) is 9.61. The van der Waals surface area contributed by atoms with Gasteiger partial charge in [-0.1, -0.05) is 6.92 Å². The molecule has 70 valence electrons. The quantitative estimate of drug-likeness (QED) is 0.541. The van der Waals surface area contributed by atoms with Gasteiger partial charge in [0.1, 0.15) is 0 Å². The van der Waals surface area contributed by atoms with Gasteiger partial charge in [-0.15, -0.1) is 0 Å². The molecule has 0 bridgehead atoms. The van der Waals surface area contributed by atoms with E-state index in [1.165, 1.54) is 0 Å². The molecule has 3 N–H and O–H groups in total. The Morgan fingerprint density at radius 1 is 1.50 bits per heavy atom. The van der Waals surface area contributed by atoms with Crippen LogP contribution in [-0.2, 0) is 4.57 Å². The molecular formula is C6H12NO4P. The third-order valence-corrected chi connectivity index (χ3v) is 2.01. The first kappa shape index (κ1) is 11.5. The average Bonchev–Trinajstić information content (AvgIpc) is 2.14. The highest BCUT2D eigenvalue weighted by Crippen LogP contribution is 2.10. The smallest absolute Gasteiger partial charge is 0.312 e. The summed E-state index contributed by atoms with van der Waals surface area (Å²) in [5, 5.41) is 19.9. The van der Waals surface area contributed by atoms with Crippen molar-refractivity contribution in [3.8, 4) is 0 Å². The molecule has 12 heavy (non-hydrogen) atoms. The molecule has 0 saturated carbocycles. The highest BCUT2D eigenvalue weighted by molar-refractivity contribution is 7.45. The normalized spacial score (nSPS) is 11.6. The summed E-state index contributed by atoms with van der Waals surface area (Å²) >= 11 is 0. The van der Waals surface area contributed by atoms with E-state index in [-0.39, 0.29) is 13.2 Å². The third-order valence-electron chi connectivity index (χ3n) is 1.74. The number of carbonyl (C=O) groups excluding carboxylic acids is 1. The summed E-state index contributed by atoms with van der Waals surface area (Å²) < 4.78 is 10.1. The van der Waals surface area contributed by atoms with Gasteiger partial charge in [-0.25, -0.2) is 0 Å². The van der Waals surface area contributed by atoms with E-state index in [4.69, 9.17) is 10.2 Å². The Labute approximate surface area is 72.0 Å². The highest BCUT2D eigenvalue weighted by atomic mass is 31.1. The first-order valence-electron chi connectivity index (χ1n) is 3.51. The number of carbonyl (C=O) groups is 1. The van der Waals surface area contributed by atoms with Crippen molar-refractivity contribution in [3.05, 3.63) is 0 Å². The van der Waals surface area contributed by atoms with Crippen molar-refractivity contribution in [1.29, 1.82) is 0 Å². The number of hydrogen-bond acceptors (Lipinski definition) is 4. The maximum atomic E-state index is 10.6. The number of rotatable bonds is 5. The van der Waals surface area contributed by atoms with Gasteiger partial charge in [0.2, 0.25) is 0 Å². The predicted octanol–water partition coefficient (Wildman–Crippen LogP) is 0.121. The second-order valence-electron chi connectivity index (χ2n) is 2.47. The van der Waals surface area contributed by atoms with Crippen LogP contribution in [0.4, 0.5) is 4.79 Å². The van der Waals surface area contributed by atoms with Gasteiger partial charge in [-0.3, -0.25) is 9.36 Å². The fourth-order valence-corrected chi connectivity index (χ4v) is 0.974. The molecule has 0 aliphatic heterocycles. The van der Waals surface area contributed by atoms with Crippen LogP contribution in [-0.4, -0.2) is 34.6 Å². The van der Waals surface area contributed by atoms with Crippen LogP contribution in [0.25, 0.3) is 0 Å². The minimum Gasteiger partial charge on any atom is -0.394 e. The highest BCUT2D eigenvalue weighted by Gasteiger charge is 2.28. The number of aliphatic hydroxyl groups is 2. The largest absolute Gasteiger partial charge is 0.394 e. The summed E-state index contributed by atoms with van der Waals surface area (Å²) in [4.78, 5) is 10.6. The minimum absolute atomic E-state index is 0.374. The summed E-state index contributed by atoms with van der Waals surface area (Å²) in [6.45, 7) is 0.955. The molecule has 5 nitrogen and oxygen atoms in total. The van der Waals surface area contributed by atoms with Crippen molar-refractivity contribution in [1.82, 2.24) is 5.32 Å². The van der Waals surface area contributed by atoms with Crippen molar-refractivity contribution in [2.24, 2.45) is 0 Å². The number of aliphatic hydroxyl groups excluding tert-OH is 2. The Hall–Kier alpha value is -0.510. The van der Waals surface area contributed by atoms with E-state index >= 15 is 0 Å². The fraction of sp³-hybridized carbons (Fsp3) is 0.833. The SMILES string of the molecule is CCC(CO)(CO)NC(=O)P=O. The van der Waals surface area contributed by atoms with E-state index in [0.29, 0.717) is 6.42 Å². The molecule has 0 spiro atoms. The van der Waals surface area contributed by atoms with Gasteiger partial charge in [0.15, 0.2) is 0 Å². The van der Waals surface area contributed by atoms with Gasteiger partial charge in [0.05, 0.1) is 18.8 Å². The zero-order valence-electron chi connectivity index (χ0n) is 6.78. The molecule has 1 amide bonds. The van der Waals surface area contributed by atoms with E-state index in [1.54, 1.807) is 6.92 Å². The van der Waals surface area contributed by atoms with Crippen LogP contribution in [0, 0.1) is 0 Å². The molecule has 0 unspecified atom stereocenters. The van der Waals surface area contributed by atoms with Crippen molar-refractivity contribution < 1.29 is 19.6 Å². The molecule has 0 fully saturated rings. The average molecular weight is 193 g/mol. The second-order valence-corrected chi connectivity index (χ2v) is 3.06. The van der Waals surface area contributed by atoms with E-state index in [2.05, 4.69) is 5.32 Å². The van der Waals surface area contributed by atoms with E-state index in [9.17, 15) is 9.36 Å². The monoisotopic (exact) mass is 193 g/mol. The Kier molecular flexibility index (Phi) is 4.97. The van der Waals surface area contributed by atoms with Crippen molar-refractivity contribution in [2.75, 3.05) is 13.2 Å². The van der Waals surface area contributed by atoms with Crippen LogP contribution in [0.5, 0.6) is 0 Å². The molecule has 0 aromatic carbocycles. The summed E-state index contributed by atoms with van der Waals surface area (Å²) in [5.41, 5.74) is -1.78. The molecule has 0 heterocycles. The Balaban J connectivity index is 4.29. The molecule has 0 atom stereocenters. The standard InChI is InChI=1S/C6H12NO4P/c1-2-6(3-8,4-9)7-5(10)12-11/h8-9H,2-4H2,1H3,(H,7,10). The maximum Gasteiger partial charge on any atom is 0.312 e. The van der Waals surface area contributed by atoms with Gasteiger partial charge in [-0.2, -0.15) is 0 Å². The van der Waals surface area contributed by atoms with Gasteiger partial charge in [0, 0.05) is 0 Å². The van der Waals surface area contributed by atoms with Crippen LogP contribution in [0.1, 0.15) is 13.3 Å². The molecule has 0 aromatic rings. The molecule has 6 heteroatoms. The van der Waals surface area contributed by atoms with Gasteiger partial charge in [-0.05, 0) is 6.42 Å². The van der Waals surface area contributed by atoms with E-state index < -0.39 is 19.6 Å². The second kappa shape index (κ2) is 5.19. The minimum atomic E-state index is -1.05. The van der Waals surface area contributed by atoms with Crippen LogP contribution >= 0.6 is 8.46 Å². The van der Waals surface area contributed by atoms with Crippen molar-refractivity contribution in [2.45, 2.75) is 18.9 Å². The van der Waals surface area contributed by atoms with Crippen LogP contribution in [0.2, 0.25) is 0 Å². The number of hydrogen-bond donors (Lipinski definition) is 3. The molecule has 0 radical (unpaired) electrons. The van der Waals surface area contributed by atoms with E-state index in [0.717, 1.165) is 0 Å².